The van der Waals surface area contributed by atoms with E-state index in [9.17, 15) is 31.1 Å². The quantitative estimate of drug-likeness (QED) is 0.519. The third-order valence-corrected chi connectivity index (χ3v) is 2.90. The Morgan fingerprint density at radius 2 is 1.36 bits per heavy atom. The number of alkyl halides is 6. The smallest absolute Gasteiger partial charge is 0.429 e. The molecule has 0 aliphatic rings. The maximum atomic E-state index is 13.1. The van der Waals surface area contributed by atoms with Crippen molar-refractivity contribution in [1.82, 2.24) is 0 Å². The van der Waals surface area contributed by atoms with Crippen LogP contribution in [0.4, 0.5) is 31.1 Å². The van der Waals surface area contributed by atoms with Crippen molar-refractivity contribution in [3.8, 4) is 0 Å². The number of carbonyl (C=O) groups excluding carboxylic acids is 1. The average molecular weight is 338 g/mol. The number of ether oxygens (including phenoxy) is 2. The monoisotopic (exact) mass is 338 g/mol. The van der Waals surface area contributed by atoms with E-state index in [4.69, 9.17) is 0 Å². The van der Waals surface area contributed by atoms with Crippen LogP contribution in [0.2, 0.25) is 0 Å². The van der Waals surface area contributed by atoms with Crippen molar-refractivity contribution in [3.05, 3.63) is 0 Å². The van der Waals surface area contributed by atoms with E-state index in [1.165, 1.54) is 34.6 Å². The molecule has 0 amide bonds. The Hall–Kier alpha value is -1.15. The second-order valence-electron chi connectivity index (χ2n) is 6.11. The van der Waals surface area contributed by atoms with Gasteiger partial charge in [0, 0.05) is 6.42 Å². The summed E-state index contributed by atoms with van der Waals surface area (Å²) in [7, 11) is 0. The summed E-state index contributed by atoms with van der Waals surface area (Å²) in [4.78, 5) is 11.4. The van der Waals surface area contributed by atoms with Crippen LogP contribution >= 0.6 is 0 Å². The van der Waals surface area contributed by atoms with Gasteiger partial charge in [0.05, 0.1) is 0 Å². The molecule has 0 spiro atoms. The topological polar surface area (TPSA) is 35.5 Å². The molecule has 0 saturated heterocycles. The van der Waals surface area contributed by atoms with Gasteiger partial charge < -0.3 is 9.47 Å². The Kier molecular flexibility index (Phi) is 6.19. The van der Waals surface area contributed by atoms with Gasteiger partial charge in [-0.15, -0.1) is 0 Å². The molecule has 0 heterocycles. The zero-order chi connectivity index (χ0) is 18.0. The van der Waals surface area contributed by atoms with Gasteiger partial charge in [0.1, 0.15) is 5.60 Å². The molecule has 1 unspecified atom stereocenters. The molecule has 0 aromatic carbocycles. The van der Waals surface area contributed by atoms with Crippen LogP contribution in [-0.4, -0.2) is 29.7 Å². The first-order valence-corrected chi connectivity index (χ1v) is 6.61. The average Bonchev–Trinajstić information content (AvgIpc) is 2.21. The highest BCUT2D eigenvalue weighted by Gasteiger charge is 2.74. The van der Waals surface area contributed by atoms with Crippen LogP contribution in [-0.2, 0) is 9.47 Å². The molecule has 0 saturated carbocycles. The van der Waals surface area contributed by atoms with Crippen molar-refractivity contribution in [2.24, 2.45) is 5.92 Å². The van der Waals surface area contributed by atoms with Crippen molar-refractivity contribution < 1.29 is 40.6 Å². The van der Waals surface area contributed by atoms with Crippen LogP contribution < -0.4 is 0 Å². The van der Waals surface area contributed by atoms with Crippen LogP contribution in [0.5, 0.6) is 0 Å². The maximum Gasteiger partial charge on any atom is 0.510 e. The van der Waals surface area contributed by atoms with E-state index in [1.54, 1.807) is 0 Å². The van der Waals surface area contributed by atoms with Crippen molar-refractivity contribution in [2.45, 2.75) is 71.0 Å². The number of hydrogen-bond donors (Lipinski definition) is 0. The van der Waals surface area contributed by atoms with Crippen molar-refractivity contribution in [2.75, 3.05) is 0 Å². The van der Waals surface area contributed by atoms with Crippen molar-refractivity contribution in [1.29, 1.82) is 0 Å². The summed E-state index contributed by atoms with van der Waals surface area (Å²) in [6.45, 7) is 6.55. The highest BCUT2D eigenvalue weighted by atomic mass is 19.4. The fourth-order valence-electron chi connectivity index (χ4n) is 1.60. The molecule has 0 aliphatic heterocycles. The van der Waals surface area contributed by atoms with Crippen molar-refractivity contribution >= 4 is 6.16 Å². The molecule has 0 N–H and O–H groups in total. The number of hydrogen-bond acceptors (Lipinski definition) is 3. The van der Waals surface area contributed by atoms with E-state index in [0.29, 0.717) is 0 Å². The summed E-state index contributed by atoms with van der Waals surface area (Å²) in [5.41, 5.74) is -5.87. The Balaban J connectivity index is 5.71. The molecule has 0 aromatic rings. The van der Waals surface area contributed by atoms with Gasteiger partial charge in [-0.2, -0.15) is 26.3 Å². The molecule has 0 aromatic heterocycles. The van der Waals surface area contributed by atoms with Crippen LogP contribution in [0.3, 0.4) is 0 Å². The fraction of sp³-hybridized carbons (Fsp3) is 0.923. The first-order chi connectivity index (χ1) is 9.56. The molecule has 0 bridgehead atoms. The lowest BCUT2D eigenvalue weighted by molar-refractivity contribution is -0.373. The van der Waals surface area contributed by atoms with Gasteiger partial charge in [0.25, 0.3) is 0 Å². The third kappa shape index (κ3) is 5.24. The highest BCUT2D eigenvalue weighted by Crippen LogP contribution is 2.50. The first-order valence-electron chi connectivity index (χ1n) is 6.61. The summed E-state index contributed by atoms with van der Waals surface area (Å²) in [5, 5.41) is 0. The van der Waals surface area contributed by atoms with Gasteiger partial charge in [-0.25, -0.2) is 4.79 Å². The van der Waals surface area contributed by atoms with Crippen LogP contribution in [0, 0.1) is 5.92 Å². The standard InChI is InChI=1S/C13H20F6O3/c1-6-8(2)7-11(12(14,15)16,13(17,18)19)22-9(20)21-10(3,4)5/h8H,6-7H2,1-5H3. The predicted molar refractivity (Wildman–Crippen MR) is 66.2 cm³/mol. The lowest BCUT2D eigenvalue weighted by Gasteiger charge is -2.38. The lowest BCUT2D eigenvalue weighted by atomic mass is 9.88. The van der Waals surface area contributed by atoms with E-state index >= 15 is 0 Å². The Labute approximate surface area is 125 Å². The Morgan fingerprint density at radius 3 is 1.64 bits per heavy atom. The summed E-state index contributed by atoms with van der Waals surface area (Å²) in [5.74, 6) is -0.967. The molecule has 0 aliphatic carbocycles. The van der Waals surface area contributed by atoms with E-state index in [0.717, 1.165) is 0 Å². The van der Waals surface area contributed by atoms with Gasteiger partial charge >= 0.3 is 24.1 Å². The van der Waals surface area contributed by atoms with Crippen LogP contribution in [0.25, 0.3) is 0 Å². The van der Waals surface area contributed by atoms with Gasteiger partial charge in [0.2, 0.25) is 0 Å². The summed E-state index contributed by atoms with van der Waals surface area (Å²) in [6.07, 6.45) is -15.0. The van der Waals surface area contributed by atoms with E-state index in [2.05, 4.69) is 9.47 Å². The van der Waals surface area contributed by atoms with Gasteiger partial charge in [0.15, 0.2) is 0 Å². The number of rotatable bonds is 4. The first kappa shape index (κ1) is 20.9. The molecular formula is C13H20F6O3. The second kappa shape index (κ2) is 6.54. The summed E-state index contributed by atoms with van der Waals surface area (Å²) >= 11 is 0. The molecule has 1 atom stereocenters. The Morgan fingerprint density at radius 1 is 0.955 bits per heavy atom. The molecule has 9 heteroatoms. The fourth-order valence-corrected chi connectivity index (χ4v) is 1.60. The molecule has 0 fully saturated rings. The van der Waals surface area contributed by atoms with E-state index < -0.39 is 42.0 Å². The molecule has 22 heavy (non-hydrogen) atoms. The molecular weight excluding hydrogens is 318 g/mol. The Bertz CT molecular complexity index is 367. The zero-order valence-electron chi connectivity index (χ0n) is 13.0. The minimum absolute atomic E-state index is 0.0611. The van der Waals surface area contributed by atoms with E-state index in [-0.39, 0.29) is 6.42 Å². The van der Waals surface area contributed by atoms with Gasteiger partial charge in [-0.05, 0) is 26.7 Å². The molecule has 0 rings (SSSR count). The largest absolute Gasteiger partial charge is 0.510 e. The normalized spacial score (nSPS) is 15.4. The van der Waals surface area contributed by atoms with Gasteiger partial charge in [-0.1, -0.05) is 20.3 Å². The minimum atomic E-state index is -5.81. The molecule has 0 radical (unpaired) electrons. The summed E-state index contributed by atoms with van der Waals surface area (Å²) in [6, 6.07) is 0. The summed E-state index contributed by atoms with van der Waals surface area (Å²) < 4.78 is 86.9. The maximum absolute atomic E-state index is 13.1. The third-order valence-electron chi connectivity index (χ3n) is 2.90. The highest BCUT2D eigenvalue weighted by molar-refractivity contribution is 5.61. The second-order valence-corrected chi connectivity index (χ2v) is 6.11. The minimum Gasteiger partial charge on any atom is -0.429 e. The van der Waals surface area contributed by atoms with Crippen LogP contribution in [0.1, 0.15) is 47.5 Å². The van der Waals surface area contributed by atoms with Crippen molar-refractivity contribution in [3.63, 3.8) is 0 Å². The number of halogens is 6. The predicted octanol–water partition coefficient (Wildman–Crippen LogP) is 5.24. The molecule has 3 nitrogen and oxygen atoms in total. The van der Waals surface area contributed by atoms with E-state index in [1.807, 2.05) is 0 Å². The number of carbonyl (C=O) groups is 1. The van der Waals surface area contributed by atoms with Gasteiger partial charge in [-0.3, -0.25) is 0 Å². The zero-order valence-corrected chi connectivity index (χ0v) is 13.0. The SMILES string of the molecule is CCC(C)CC(OC(=O)OC(C)(C)C)(C(F)(F)F)C(F)(F)F. The van der Waals surface area contributed by atoms with Crippen LogP contribution in [0.15, 0.2) is 0 Å². The molecule has 132 valence electrons. The lowest BCUT2D eigenvalue weighted by Crippen LogP contribution is -2.60.